The van der Waals surface area contributed by atoms with Gasteiger partial charge in [0, 0.05) is 5.39 Å². The highest BCUT2D eigenvalue weighted by Crippen LogP contribution is 2.33. The molecular formula is C18H20ClF3N4. The molecule has 1 saturated heterocycles. The first kappa shape index (κ1) is 18.9. The number of hydrogen-bond acceptors (Lipinski definition) is 3. The molecule has 8 heteroatoms. The van der Waals surface area contributed by atoms with Gasteiger partial charge in [-0.25, -0.2) is 9.97 Å². The zero-order valence-corrected chi connectivity index (χ0v) is 15.2. The molecule has 1 aliphatic rings. The summed E-state index contributed by atoms with van der Waals surface area (Å²) in [5, 5.41) is 0.650. The van der Waals surface area contributed by atoms with Gasteiger partial charge < -0.3 is 9.47 Å². The Morgan fingerprint density at radius 3 is 2.38 bits per heavy atom. The molecule has 2 aromatic heterocycles. The Labute approximate surface area is 154 Å². The largest absolute Gasteiger partial charge is 0.406 e. The molecule has 4 rings (SSSR count). The average molecular weight is 385 g/mol. The van der Waals surface area contributed by atoms with Crippen LogP contribution in [0.2, 0.25) is 5.15 Å². The predicted molar refractivity (Wildman–Crippen MR) is 97.4 cm³/mol. The lowest BCUT2D eigenvalue weighted by molar-refractivity contribution is -0.139. The average Bonchev–Trinajstić information content (AvgIpc) is 2.90. The van der Waals surface area contributed by atoms with Gasteiger partial charge in [-0.15, -0.1) is 0 Å². The molecule has 0 atom stereocenters. The van der Waals surface area contributed by atoms with Gasteiger partial charge in [0.15, 0.2) is 5.15 Å². The number of rotatable bonds is 1. The van der Waals surface area contributed by atoms with Crippen molar-refractivity contribution in [2.45, 2.75) is 32.0 Å². The Balaban J connectivity index is 0.000000236. The zero-order chi connectivity index (χ0) is 18.7. The number of piperidine rings is 1. The number of aromatic nitrogens is 3. The van der Waals surface area contributed by atoms with Gasteiger partial charge in [0.2, 0.25) is 0 Å². The van der Waals surface area contributed by atoms with E-state index in [1.807, 2.05) is 0 Å². The number of likely N-dealkylation sites (tertiary alicyclic amines) is 1. The number of alkyl halides is 3. The molecular weight excluding hydrogens is 365 g/mol. The topological polar surface area (TPSA) is 34.0 Å². The minimum atomic E-state index is -4.34. The number of nitrogens with zero attached hydrogens (tertiary/aromatic N) is 4. The maximum absolute atomic E-state index is 12.7. The third-order valence-electron chi connectivity index (χ3n) is 4.41. The van der Waals surface area contributed by atoms with E-state index in [2.05, 4.69) is 21.9 Å². The third kappa shape index (κ3) is 4.27. The van der Waals surface area contributed by atoms with E-state index in [4.69, 9.17) is 11.6 Å². The Hall–Kier alpha value is -1.86. The number of para-hydroxylation sites is 1. The van der Waals surface area contributed by atoms with Crippen molar-refractivity contribution < 1.29 is 13.2 Å². The highest BCUT2D eigenvalue weighted by molar-refractivity contribution is 6.34. The zero-order valence-electron chi connectivity index (χ0n) is 14.4. The fraction of sp³-hybridized carbons (Fsp3) is 0.444. The first-order valence-corrected chi connectivity index (χ1v) is 8.87. The van der Waals surface area contributed by atoms with Crippen molar-refractivity contribution in [2.75, 3.05) is 20.1 Å². The second kappa shape index (κ2) is 7.80. The molecule has 3 aromatic rings. The molecule has 0 saturated carbocycles. The second-order valence-corrected chi connectivity index (χ2v) is 6.80. The summed E-state index contributed by atoms with van der Waals surface area (Å²) in [6.45, 7) is 1.52. The quantitative estimate of drug-likeness (QED) is 0.559. The monoisotopic (exact) mass is 384 g/mol. The molecule has 4 nitrogen and oxygen atoms in total. The van der Waals surface area contributed by atoms with Crippen molar-refractivity contribution in [3.63, 3.8) is 0 Å². The third-order valence-corrected chi connectivity index (χ3v) is 4.69. The fourth-order valence-electron chi connectivity index (χ4n) is 3.22. The molecule has 1 aliphatic heterocycles. The molecule has 0 spiro atoms. The highest BCUT2D eigenvalue weighted by atomic mass is 35.5. The predicted octanol–water partition coefficient (Wildman–Crippen LogP) is 4.90. The van der Waals surface area contributed by atoms with Crippen molar-refractivity contribution in [1.29, 1.82) is 0 Å². The van der Waals surface area contributed by atoms with E-state index in [9.17, 15) is 13.2 Å². The first-order valence-electron chi connectivity index (χ1n) is 8.49. The summed E-state index contributed by atoms with van der Waals surface area (Å²) in [5.74, 6) is 0. The number of benzene rings is 1. The lowest BCUT2D eigenvalue weighted by Crippen LogP contribution is -2.24. The van der Waals surface area contributed by atoms with Crippen molar-refractivity contribution in [3.05, 3.63) is 35.7 Å². The first-order chi connectivity index (χ1) is 12.4. The minimum Gasteiger partial charge on any atom is -0.327 e. The summed E-state index contributed by atoms with van der Waals surface area (Å²) < 4.78 is 39.2. The number of hydrogen-bond donors (Lipinski definition) is 0. The summed E-state index contributed by atoms with van der Waals surface area (Å²) >= 11 is 5.92. The van der Waals surface area contributed by atoms with Gasteiger partial charge in [-0.05, 0) is 39.0 Å². The standard InChI is InChI=1S/C12H7ClF3N3.C6H13N/c13-11-10-9(17-6-18-11)7-3-1-2-4-8(7)19(10)5-12(14,15)16;1-7-5-3-2-4-6-7/h1-4,6H,5H2;2-6H2,1H3. The van der Waals surface area contributed by atoms with E-state index in [-0.39, 0.29) is 10.7 Å². The molecule has 140 valence electrons. The lowest BCUT2D eigenvalue weighted by atomic mass is 10.1. The van der Waals surface area contributed by atoms with Crippen molar-refractivity contribution in [2.24, 2.45) is 0 Å². The fourth-order valence-corrected chi connectivity index (χ4v) is 3.45. The minimum absolute atomic E-state index is 0.0189. The second-order valence-electron chi connectivity index (χ2n) is 6.44. The summed E-state index contributed by atoms with van der Waals surface area (Å²) in [6.07, 6.45) is 1.18. The summed E-state index contributed by atoms with van der Waals surface area (Å²) in [7, 11) is 2.19. The van der Waals surface area contributed by atoms with Crippen molar-refractivity contribution >= 4 is 33.5 Å². The molecule has 0 N–H and O–H groups in total. The molecule has 0 unspecified atom stereocenters. The molecule has 0 aliphatic carbocycles. The van der Waals surface area contributed by atoms with E-state index in [0.717, 1.165) is 4.57 Å². The number of fused-ring (bicyclic) bond motifs is 3. The van der Waals surface area contributed by atoms with Crippen LogP contribution in [0.15, 0.2) is 30.6 Å². The van der Waals surface area contributed by atoms with Crippen molar-refractivity contribution in [1.82, 2.24) is 19.4 Å². The Kier molecular flexibility index (Phi) is 5.67. The summed E-state index contributed by atoms with van der Waals surface area (Å²) in [6, 6.07) is 6.75. The van der Waals surface area contributed by atoms with Crippen LogP contribution in [-0.2, 0) is 6.54 Å². The normalized spacial score (nSPS) is 15.9. The van der Waals surface area contributed by atoms with E-state index in [1.54, 1.807) is 24.3 Å². The molecule has 26 heavy (non-hydrogen) atoms. The smallest absolute Gasteiger partial charge is 0.327 e. The van der Waals surface area contributed by atoms with E-state index in [1.165, 1.54) is 38.7 Å². The molecule has 3 heterocycles. The van der Waals surface area contributed by atoms with Crippen LogP contribution >= 0.6 is 11.6 Å². The van der Waals surface area contributed by atoms with E-state index >= 15 is 0 Å². The van der Waals surface area contributed by atoms with Crippen LogP contribution in [0.3, 0.4) is 0 Å². The lowest BCUT2D eigenvalue weighted by Gasteiger charge is -2.20. The van der Waals surface area contributed by atoms with Crippen LogP contribution in [0.25, 0.3) is 21.9 Å². The summed E-state index contributed by atoms with van der Waals surface area (Å²) in [4.78, 5) is 10.2. The highest BCUT2D eigenvalue weighted by Gasteiger charge is 2.30. The Bertz CT molecular complexity index is 885. The molecule has 1 fully saturated rings. The maximum Gasteiger partial charge on any atom is 0.406 e. The Morgan fingerprint density at radius 1 is 1.08 bits per heavy atom. The van der Waals surface area contributed by atoms with Crippen molar-refractivity contribution in [3.8, 4) is 0 Å². The van der Waals surface area contributed by atoms with Crippen LogP contribution in [0, 0.1) is 0 Å². The van der Waals surface area contributed by atoms with Gasteiger partial charge in [-0.3, -0.25) is 0 Å². The molecule has 1 aromatic carbocycles. The van der Waals surface area contributed by atoms with Gasteiger partial charge in [0.25, 0.3) is 0 Å². The number of halogens is 4. The van der Waals surface area contributed by atoms with Gasteiger partial charge in [-0.1, -0.05) is 36.2 Å². The maximum atomic E-state index is 12.7. The van der Waals surface area contributed by atoms with Gasteiger partial charge in [0.1, 0.15) is 23.9 Å². The van der Waals surface area contributed by atoms with Crippen LogP contribution < -0.4 is 0 Å². The molecule has 0 amide bonds. The van der Waals surface area contributed by atoms with Gasteiger partial charge in [0.05, 0.1) is 5.52 Å². The van der Waals surface area contributed by atoms with Gasteiger partial charge in [-0.2, -0.15) is 13.2 Å². The van der Waals surface area contributed by atoms with Crippen LogP contribution in [0.4, 0.5) is 13.2 Å². The SMILES string of the molecule is CN1CCCCC1.FC(F)(F)Cn1c2ccccc2c2ncnc(Cl)c21. The Morgan fingerprint density at radius 2 is 1.77 bits per heavy atom. The summed E-state index contributed by atoms with van der Waals surface area (Å²) in [5.41, 5.74) is 1.08. The van der Waals surface area contributed by atoms with Crippen LogP contribution in [-0.4, -0.2) is 45.7 Å². The van der Waals surface area contributed by atoms with Crippen LogP contribution in [0.5, 0.6) is 0 Å². The van der Waals surface area contributed by atoms with Gasteiger partial charge >= 0.3 is 6.18 Å². The molecule has 0 bridgehead atoms. The molecule has 0 radical (unpaired) electrons. The van der Waals surface area contributed by atoms with E-state index in [0.29, 0.717) is 16.4 Å². The van der Waals surface area contributed by atoms with Crippen LogP contribution in [0.1, 0.15) is 19.3 Å². The van der Waals surface area contributed by atoms with E-state index < -0.39 is 12.7 Å².